The number of rotatable bonds is 5. The molecule has 0 aliphatic rings. The molecule has 0 aliphatic heterocycles. The van der Waals surface area contributed by atoms with Crippen LogP contribution in [0.1, 0.15) is 5.76 Å². The van der Waals surface area contributed by atoms with E-state index in [1.165, 1.54) is 25.3 Å². The average molecular weight is 288 g/mol. The van der Waals surface area contributed by atoms with Crippen molar-refractivity contribution >= 4 is 17.7 Å². The lowest BCUT2D eigenvalue weighted by Crippen LogP contribution is -2.04. The van der Waals surface area contributed by atoms with E-state index in [-0.39, 0.29) is 5.69 Å². The van der Waals surface area contributed by atoms with Gasteiger partial charge in [0.05, 0.1) is 23.7 Å². The van der Waals surface area contributed by atoms with E-state index in [0.717, 1.165) is 6.08 Å². The summed E-state index contributed by atoms with van der Waals surface area (Å²) in [7, 11) is 1.43. The Balaban J connectivity index is 2.42. The fraction of sp³-hybridized carbons (Fsp3) is 0.0714. The second-order valence-electron chi connectivity index (χ2n) is 4.08. The van der Waals surface area contributed by atoms with Gasteiger partial charge in [-0.05, 0) is 30.3 Å². The molecule has 0 saturated carbocycles. The van der Waals surface area contributed by atoms with Gasteiger partial charge in [0, 0.05) is 6.08 Å². The first-order chi connectivity index (χ1) is 10.0. The number of carbonyl (C=O) groups is 1. The molecule has 1 heterocycles. The summed E-state index contributed by atoms with van der Waals surface area (Å²) in [5.41, 5.74) is 5.17. The zero-order valence-corrected chi connectivity index (χ0v) is 11.1. The molecular weight excluding hydrogens is 276 g/mol. The molecule has 0 spiro atoms. The highest BCUT2D eigenvalue weighted by molar-refractivity contribution is 5.90. The van der Waals surface area contributed by atoms with Crippen molar-refractivity contribution in [2.24, 2.45) is 5.73 Å². The van der Waals surface area contributed by atoms with Gasteiger partial charge in [-0.15, -0.1) is 0 Å². The number of nitrogens with two attached hydrogens (primary N) is 1. The fourth-order valence-electron chi connectivity index (χ4n) is 1.75. The molecule has 0 unspecified atom stereocenters. The maximum Gasteiger partial charge on any atom is 0.284 e. The van der Waals surface area contributed by atoms with E-state index in [0.29, 0.717) is 22.8 Å². The van der Waals surface area contributed by atoms with Gasteiger partial charge in [-0.1, -0.05) is 0 Å². The van der Waals surface area contributed by atoms with Crippen LogP contribution in [0.15, 0.2) is 40.8 Å². The number of nitro groups is 1. The Morgan fingerprint density at radius 1 is 1.38 bits per heavy atom. The van der Waals surface area contributed by atoms with E-state index in [1.54, 1.807) is 18.2 Å². The van der Waals surface area contributed by atoms with Crippen LogP contribution >= 0.6 is 0 Å². The third-order valence-electron chi connectivity index (χ3n) is 2.71. The summed E-state index contributed by atoms with van der Waals surface area (Å²) in [6.07, 6.45) is 2.53. The van der Waals surface area contributed by atoms with Crippen molar-refractivity contribution in [3.63, 3.8) is 0 Å². The molecule has 0 fully saturated rings. The molecule has 0 radical (unpaired) electrons. The molecule has 21 heavy (non-hydrogen) atoms. The minimum atomic E-state index is -0.608. The second-order valence-corrected chi connectivity index (χ2v) is 4.08. The van der Waals surface area contributed by atoms with Crippen LogP contribution in [0, 0.1) is 10.1 Å². The Bertz CT molecular complexity index is 718. The largest absolute Gasteiger partial charge is 0.497 e. The van der Waals surface area contributed by atoms with E-state index < -0.39 is 10.8 Å². The first kappa shape index (κ1) is 14.3. The molecule has 7 heteroatoms. The minimum absolute atomic E-state index is 0.130. The first-order valence-corrected chi connectivity index (χ1v) is 5.91. The molecular formula is C14H12N2O5. The molecule has 0 atom stereocenters. The Labute approximate surface area is 119 Å². The Hall–Kier alpha value is -3.09. The van der Waals surface area contributed by atoms with Crippen molar-refractivity contribution < 1.29 is 18.9 Å². The van der Waals surface area contributed by atoms with Crippen LogP contribution in [-0.2, 0) is 4.79 Å². The third kappa shape index (κ3) is 3.27. The summed E-state index contributed by atoms with van der Waals surface area (Å²) in [6, 6.07) is 7.62. The maximum absolute atomic E-state index is 11.1. The summed E-state index contributed by atoms with van der Waals surface area (Å²) >= 11 is 0. The minimum Gasteiger partial charge on any atom is -0.497 e. The smallest absolute Gasteiger partial charge is 0.284 e. The molecule has 1 aromatic heterocycles. The van der Waals surface area contributed by atoms with E-state index >= 15 is 0 Å². The lowest BCUT2D eigenvalue weighted by atomic mass is 10.1. The van der Waals surface area contributed by atoms with Crippen LogP contribution in [0.4, 0.5) is 5.69 Å². The van der Waals surface area contributed by atoms with Crippen molar-refractivity contribution in [3.8, 4) is 17.1 Å². The van der Waals surface area contributed by atoms with Crippen molar-refractivity contribution in [2.45, 2.75) is 0 Å². The number of ether oxygens (including phenoxy) is 1. The number of hydrogen-bond donors (Lipinski definition) is 1. The highest BCUT2D eigenvalue weighted by atomic mass is 16.6. The van der Waals surface area contributed by atoms with Crippen LogP contribution in [0.2, 0.25) is 0 Å². The second kappa shape index (κ2) is 5.91. The van der Waals surface area contributed by atoms with Crippen LogP contribution in [0.3, 0.4) is 0 Å². The number of nitro benzene ring substituents is 1. The molecule has 0 aliphatic carbocycles. The van der Waals surface area contributed by atoms with Gasteiger partial charge >= 0.3 is 0 Å². The van der Waals surface area contributed by atoms with Crippen LogP contribution < -0.4 is 10.5 Å². The lowest BCUT2D eigenvalue weighted by molar-refractivity contribution is -0.384. The number of carbonyl (C=O) groups excluding carboxylic acids is 1. The summed E-state index contributed by atoms with van der Waals surface area (Å²) in [6.45, 7) is 0. The predicted molar refractivity (Wildman–Crippen MR) is 75.6 cm³/mol. The maximum atomic E-state index is 11.1. The molecule has 7 nitrogen and oxygen atoms in total. The topological polar surface area (TPSA) is 109 Å². The summed E-state index contributed by atoms with van der Waals surface area (Å²) < 4.78 is 10.4. The van der Waals surface area contributed by atoms with E-state index in [2.05, 4.69) is 0 Å². The number of benzene rings is 1. The number of nitrogens with zero attached hydrogens (tertiary/aromatic N) is 1. The number of hydrogen-bond acceptors (Lipinski definition) is 5. The SMILES string of the molecule is COc1ccc(-c2ccc(/C=C\C(N)=O)o2)c([N+](=O)[O-])c1. The molecule has 2 aromatic rings. The summed E-state index contributed by atoms with van der Waals surface area (Å²) in [5, 5.41) is 11.1. The standard InChI is InChI=1S/C14H12N2O5/c1-20-10-2-5-11(12(8-10)16(18)19)13-6-3-9(21-13)4-7-14(15)17/h2-8H,1H3,(H2,15,17)/b7-4-. The highest BCUT2D eigenvalue weighted by Gasteiger charge is 2.19. The quantitative estimate of drug-likeness (QED) is 0.516. The lowest BCUT2D eigenvalue weighted by Gasteiger charge is -2.03. The van der Waals surface area contributed by atoms with Gasteiger partial charge in [0.25, 0.3) is 5.69 Å². The number of furan rings is 1. The van der Waals surface area contributed by atoms with E-state index in [4.69, 9.17) is 14.9 Å². The molecule has 1 aromatic carbocycles. The monoisotopic (exact) mass is 288 g/mol. The van der Waals surface area contributed by atoms with Crippen LogP contribution in [0.5, 0.6) is 5.75 Å². The van der Waals surface area contributed by atoms with Gasteiger partial charge in [-0.2, -0.15) is 0 Å². The first-order valence-electron chi connectivity index (χ1n) is 5.91. The van der Waals surface area contributed by atoms with Gasteiger partial charge in [0.2, 0.25) is 5.91 Å². The highest BCUT2D eigenvalue weighted by Crippen LogP contribution is 2.34. The Kier molecular flexibility index (Phi) is 4.03. The van der Waals surface area contributed by atoms with Crippen molar-refractivity contribution in [1.29, 1.82) is 0 Å². The van der Waals surface area contributed by atoms with Crippen molar-refractivity contribution in [2.75, 3.05) is 7.11 Å². The third-order valence-corrected chi connectivity index (χ3v) is 2.71. The van der Waals surface area contributed by atoms with Gasteiger partial charge in [0.1, 0.15) is 17.3 Å². The van der Waals surface area contributed by atoms with Crippen molar-refractivity contribution in [3.05, 3.63) is 52.3 Å². The molecule has 1 amide bonds. The molecule has 0 saturated heterocycles. The van der Waals surface area contributed by atoms with Gasteiger partial charge in [0.15, 0.2) is 0 Å². The predicted octanol–water partition coefficient (Wildman–Crippen LogP) is 2.36. The van der Waals surface area contributed by atoms with Gasteiger partial charge in [-0.25, -0.2) is 0 Å². The number of primary amides is 1. The van der Waals surface area contributed by atoms with Gasteiger partial charge < -0.3 is 14.9 Å². The summed E-state index contributed by atoms with van der Waals surface area (Å²) in [5.74, 6) is 0.455. The Morgan fingerprint density at radius 3 is 2.76 bits per heavy atom. The zero-order valence-electron chi connectivity index (χ0n) is 11.1. The number of methoxy groups -OCH3 is 1. The normalized spacial score (nSPS) is 10.7. The molecule has 108 valence electrons. The molecule has 2 rings (SSSR count). The fourth-order valence-corrected chi connectivity index (χ4v) is 1.75. The number of amides is 1. The van der Waals surface area contributed by atoms with Crippen LogP contribution in [0.25, 0.3) is 17.4 Å². The van der Waals surface area contributed by atoms with Crippen molar-refractivity contribution in [1.82, 2.24) is 0 Å². The van der Waals surface area contributed by atoms with Crippen LogP contribution in [-0.4, -0.2) is 17.9 Å². The van der Waals surface area contributed by atoms with E-state index in [9.17, 15) is 14.9 Å². The van der Waals surface area contributed by atoms with Gasteiger partial charge in [-0.3, -0.25) is 14.9 Å². The molecule has 2 N–H and O–H groups in total. The zero-order chi connectivity index (χ0) is 15.4. The Morgan fingerprint density at radius 2 is 2.14 bits per heavy atom. The average Bonchev–Trinajstić information content (AvgIpc) is 2.93. The van der Waals surface area contributed by atoms with E-state index in [1.807, 2.05) is 0 Å². The summed E-state index contributed by atoms with van der Waals surface area (Å²) in [4.78, 5) is 21.3. The molecule has 0 bridgehead atoms.